The zero-order chi connectivity index (χ0) is 10.9. The normalized spacial score (nSPS) is 25.0. The van der Waals surface area contributed by atoms with E-state index in [0.29, 0.717) is 5.52 Å². The molecule has 0 saturated carbocycles. The van der Waals surface area contributed by atoms with Crippen LogP contribution in [0.5, 0.6) is 6.01 Å². The van der Waals surface area contributed by atoms with E-state index in [2.05, 4.69) is 20.4 Å². The molecule has 10 nitrogen and oxygen atoms in total. The van der Waals surface area contributed by atoms with Gasteiger partial charge in [-0.3, -0.25) is 4.62 Å². The van der Waals surface area contributed by atoms with Crippen LogP contribution in [0.3, 0.4) is 0 Å². The van der Waals surface area contributed by atoms with Crippen molar-refractivity contribution in [2.75, 3.05) is 11.2 Å². The summed E-state index contributed by atoms with van der Waals surface area (Å²) in [5.41, 5.74) is 8.44. The van der Waals surface area contributed by atoms with Crippen molar-refractivity contribution < 1.29 is 18.3 Å². The lowest BCUT2D eigenvalue weighted by molar-refractivity contribution is 0.226. The van der Waals surface area contributed by atoms with E-state index in [-0.39, 0.29) is 23.4 Å². The van der Waals surface area contributed by atoms with Crippen molar-refractivity contribution in [3.05, 3.63) is 0 Å². The summed E-state index contributed by atoms with van der Waals surface area (Å²) in [7, 11) is -3.70. The number of anilines is 2. The van der Waals surface area contributed by atoms with Crippen LogP contribution in [0.4, 0.5) is 11.8 Å². The number of hydrogen-bond donors (Lipinski definition) is 2. The molecule has 0 spiro atoms. The van der Waals surface area contributed by atoms with Crippen molar-refractivity contribution in [1.29, 1.82) is 0 Å². The molecule has 2 aliphatic heterocycles. The molecule has 2 aromatic heterocycles. The Morgan fingerprint density at radius 1 is 1.38 bits per heavy atom. The quantitative estimate of drug-likeness (QED) is 0.598. The molecule has 4 rings (SSSR count). The van der Waals surface area contributed by atoms with Crippen LogP contribution in [0.2, 0.25) is 0 Å². The number of imidazole rings is 1. The van der Waals surface area contributed by atoms with E-state index in [4.69, 9.17) is 19.5 Å². The van der Waals surface area contributed by atoms with Gasteiger partial charge in [-0.05, 0) is 0 Å². The van der Waals surface area contributed by atoms with Crippen LogP contribution in [0.1, 0.15) is 0 Å². The summed E-state index contributed by atoms with van der Waals surface area (Å²) in [6.07, 6.45) is 0. The molecule has 11 heteroatoms. The number of fused-ring (bicyclic) bond motifs is 1. The van der Waals surface area contributed by atoms with Crippen molar-refractivity contribution in [1.82, 2.24) is 19.7 Å². The fourth-order valence-corrected chi connectivity index (χ4v) is 2.48. The summed E-state index contributed by atoms with van der Waals surface area (Å²) in [6.45, 7) is 0. The summed E-state index contributed by atoms with van der Waals surface area (Å²) < 4.78 is 27.5. The molecule has 1 atom stereocenters. The van der Waals surface area contributed by atoms with Crippen LogP contribution in [0.15, 0.2) is 0 Å². The first kappa shape index (κ1) is 8.13. The average Bonchev–Trinajstić information content (AvgIpc) is 2.62. The molecule has 0 radical (unpaired) electrons. The first-order valence-corrected chi connectivity index (χ1v) is 5.61. The number of hydrogen-bond acceptors (Lipinski definition) is 9. The Labute approximate surface area is 86.9 Å². The van der Waals surface area contributed by atoms with E-state index in [1.165, 1.54) is 0 Å². The number of nitrogens with zero attached hydrogens (tertiary/aromatic N) is 4. The topological polar surface area (TPSA) is 126 Å². The van der Waals surface area contributed by atoms with Crippen LogP contribution in [-0.2, 0) is 9.19 Å². The Balaban J connectivity index is 2.19. The van der Waals surface area contributed by atoms with Gasteiger partial charge >= 0.3 is 13.8 Å². The van der Waals surface area contributed by atoms with Crippen molar-refractivity contribution >= 4 is 30.8 Å². The Hall–Kier alpha value is -2.06. The fourth-order valence-electron chi connectivity index (χ4n) is 1.51. The van der Waals surface area contributed by atoms with Gasteiger partial charge in [0.15, 0.2) is 17.0 Å². The third-order valence-electron chi connectivity index (χ3n) is 2.09. The minimum Gasteiger partial charge on any atom is -0.368 e. The SMILES string of the molecule is Nc1nc2c3c(n1)nc1n3OP(=O)(ON2)O1. The number of rotatable bonds is 0. The third kappa shape index (κ3) is 0.812. The zero-order valence-electron chi connectivity index (χ0n) is 7.45. The van der Waals surface area contributed by atoms with Gasteiger partial charge in [0.25, 0.3) is 0 Å². The molecule has 0 fully saturated rings. The highest BCUT2D eigenvalue weighted by molar-refractivity contribution is 7.49. The number of aromatic nitrogens is 4. The Morgan fingerprint density at radius 3 is 3.12 bits per heavy atom. The van der Waals surface area contributed by atoms with Crippen molar-refractivity contribution in [3.63, 3.8) is 0 Å². The van der Waals surface area contributed by atoms with Crippen molar-refractivity contribution in [2.45, 2.75) is 0 Å². The lowest BCUT2D eigenvalue weighted by Gasteiger charge is -2.05. The maximum absolute atomic E-state index is 11.7. The Bertz CT molecular complexity index is 681. The van der Waals surface area contributed by atoms with E-state index >= 15 is 0 Å². The lowest BCUT2D eigenvalue weighted by Crippen LogP contribution is -2.05. The highest BCUT2D eigenvalue weighted by Crippen LogP contribution is 2.54. The summed E-state index contributed by atoms with van der Waals surface area (Å²) in [6, 6.07) is 0.000910. The molecule has 0 amide bonds. The molecular weight excluding hydrogens is 239 g/mol. The van der Waals surface area contributed by atoms with E-state index in [1.807, 2.05) is 0 Å². The standard InChI is InChI=1S/C5H3N6O4P/c6-4-7-2-1-3(8-4)10-14-16(12)13-5(9-2)11(1)15-16/h(H3,6,7,8,10). The maximum Gasteiger partial charge on any atom is 0.632 e. The van der Waals surface area contributed by atoms with Crippen LogP contribution in [0, 0.1) is 0 Å². The molecule has 4 heterocycles. The predicted molar refractivity (Wildman–Crippen MR) is 49.3 cm³/mol. The molecule has 1 unspecified atom stereocenters. The molecule has 0 saturated heterocycles. The molecule has 3 N–H and O–H groups in total. The van der Waals surface area contributed by atoms with Crippen LogP contribution in [0.25, 0.3) is 11.2 Å². The minimum absolute atomic E-state index is 0.000910. The van der Waals surface area contributed by atoms with Crippen molar-refractivity contribution in [2.24, 2.45) is 0 Å². The van der Waals surface area contributed by atoms with Gasteiger partial charge in [0, 0.05) is 0 Å². The summed E-state index contributed by atoms with van der Waals surface area (Å²) in [5, 5.41) is 0. The summed E-state index contributed by atoms with van der Waals surface area (Å²) in [4.78, 5) is 11.7. The van der Waals surface area contributed by atoms with E-state index in [9.17, 15) is 4.57 Å². The van der Waals surface area contributed by atoms with Gasteiger partial charge in [-0.15, -0.1) is 9.35 Å². The number of phosphoric acid groups is 1. The first-order chi connectivity index (χ1) is 7.65. The molecule has 82 valence electrons. The third-order valence-corrected chi connectivity index (χ3v) is 3.16. The van der Waals surface area contributed by atoms with Crippen molar-refractivity contribution in [3.8, 4) is 6.01 Å². The highest BCUT2D eigenvalue weighted by atomic mass is 31.2. The van der Waals surface area contributed by atoms with E-state index < -0.39 is 7.82 Å². The van der Waals surface area contributed by atoms with Gasteiger partial charge in [0.1, 0.15) is 0 Å². The Morgan fingerprint density at radius 2 is 2.25 bits per heavy atom. The monoisotopic (exact) mass is 242 g/mol. The molecule has 0 aliphatic carbocycles. The fraction of sp³-hybridized carbons (Fsp3) is 0. The summed E-state index contributed by atoms with van der Waals surface area (Å²) >= 11 is 0. The second kappa shape index (κ2) is 2.20. The lowest BCUT2D eigenvalue weighted by atomic mass is 10.5. The van der Waals surface area contributed by atoms with Crippen LogP contribution < -0.4 is 20.4 Å². The number of nitrogens with one attached hydrogen (secondary N) is 1. The second-order valence-electron chi connectivity index (χ2n) is 3.10. The molecule has 0 aromatic carbocycles. The zero-order valence-corrected chi connectivity index (χ0v) is 8.34. The smallest absolute Gasteiger partial charge is 0.368 e. The van der Waals surface area contributed by atoms with Crippen LogP contribution >= 0.6 is 7.82 Å². The van der Waals surface area contributed by atoms with E-state index in [0.717, 1.165) is 4.73 Å². The molecule has 2 aliphatic rings. The number of nitrogens with two attached hydrogens (primary N) is 1. The van der Waals surface area contributed by atoms with Crippen LogP contribution in [-0.4, -0.2) is 19.7 Å². The Kier molecular flexibility index (Phi) is 1.12. The van der Waals surface area contributed by atoms with Gasteiger partial charge < -0.3 is 10.3 Å². The predicted octanol–water partition coefficient (Wildman–Crippen LogP) is -0.305. The first-order valence-electron chi connectivity index (χ1n) is 4.15. The van der Waals surface area contributed by atoms with Gasteiger partial charge in [-0.25, -0.2) is 10.0 Å². The highest BCUT2D eigenvalue weighted by Gasteiger charge is 2.46. The molecule has 2 bridgehead atoms. The van der Waals surface area contributed by atoms with Gasteiger partial charge in [0.2, 0.25) is 5.95 Å². The molecular formula is C5H3N6O4P. The summed E-state index contributed by atoms with van der Waals surface area (Å²) in [5.74, 6) is 0.232. The molecule has 2 aromatic rings. The van der Waals surface area contributed by atoms with Gasteiger partial charge in [-0.1, -0.05) is 0 Å². The van der Waals surface area contributed by atoms with Gasteiger partial charge in [-0.2, -0.15) is 15.0 Å². The maximum atomic E-state index is 11.7. The van der Waals surface area contributed by atoms with E-state index in [1.54, 1.807) is 0 Å². The minimum atomic E-state index is -3.70. The second-order valence-corrected chi connectivity index (χ2v) is 4.53. The number of nitrogen functional groups attached to an aromatic ring is 1. The average molecular weight is 242 g/mol. The molecule has 16 heavy (non-hydrogen) atoms. The van der Waals surface area contributed by atoms with Gasteiger partial charge in [0.05, 0.1) is 0 Å². The largest absolute Gasteiger partial charge is 0.632 e.